The molecule has 2 fully saturated rings. The summed E-state index contributed by atoms with van der Waals surface area (Å²) in [6.45, 7) is 3.83. The number of benzene rings is 1. The lowest BCUT2D eigenvalue weighted by atomic mass is 9.96. The Morgan fingerprint density at radius 3 is 2.64 bits per heavy atom. The minimum Gasteiger partial charge on any atom is -0.493 e. The molecule has 2 saturated heterocycles. The number of guanidine groups is 1. The van der Waals surface area contributed by atoms with Crippen LogP contribution in [-0.2, 0) is 17.7 Å². The van der Waals surface area contributed by atoms with Gasteiger partial charge in [-0.05, 0) is 48.9 Å². The van der Waals surface area contributed by atoms with Crippen LogP contribution < -0.4 is 20.1 Å². The first-order valence-electron chi connectivity index (χ1n) is 10.3. The molecular formula is C21H32N4O3. The number of hydrogen-bond donors (Lipinski definition) is 2. The second-order valence-electron chi connectivity index (χ2n) is 7.86. The minimum atomic E-state index is 0.356. The molecule has 4 rings (SSSR count). The zero-order chi connectivity index (χ0) is 19.5. The van der Waals surface area contributed by atoms with E-state index in [9.17, 15) is 0 Å². The zero-order valence-corrected chi connectivity index (χ0v) is 17.2. The molecule has 0 aliphatic carbocycles. The van der Waals surface area contributed by atoms with E-state index in [1.807, 2.05) is 7.05 Å². The van der Waals surface area contributed by atoms with Gasteiger partial charge in [0.05, 0.1) is 32.5 Å². The maximum absolute atomic E-state index is 5.93. The number of rotatable bonds is 6. The number of methoxy groups -OCH3 is 2. The molecule has 7 nitrogen and oxygen atoms in total. The summed E-state index contributed by atoms with van der Waals surface area (Å²) in [5, 5.41) is 7.01. The number of fused-ring (bicyclic) bond motifs is 3. The van der Waals surface area contributed by atoms with Crippen molar-refractivity contribution < 1.29 is 14.2 Å². The van der Waals surface area contributed by atoms with E-state index in [1.54, 1.807) is 14.2 Å². The number of nitrogens with zero attached hydrogens (tertiary/aromatic N) is 2. The van der Waals surface area contributed by atoms with E-state index in [2.05, 4.69) is 32.7 Å². The Balaban J connectivity index is 1.26. The molecule has 7 heteroatoms. The highest BCUT2D eigenvalue weighted by molar-refractivity contribution is 5.80. The molecule has 28 heavy (non-hydrogen) atoms. The molecule has 0 spiro atoms. The van der Waals surface area contributed by atoms with Crippen molar-refractivity contribution in [2.24, 2.45) is 4.99 Å². The van der Waals surface area contributed by atoms with Crippen LogP contribution in [0.4, 0.5) is 0 Å². The summed E-state index contributed by atoms with van der Waals surface area (Å²) >= 11 is 0. The SMILES string of the molecule is CN=C(NCCN1CCc2cc(OC)c(OC)cc2C1)NC1CC2CCC1O2. The fraction of sp³-hybridized carbons (Fsp3) is 0.667. The van der Waals surface area contributed by atoms with E-state index < -0.39 is 0 Å². The van der Waals surface area contributed by atoms with Gasteiger partial charge < -0.3 is 24.8 Å². The lowest BCUT2D eigenvalue weighted by Crippen LogP contribution is -2.49. The molecule has 154 valence electrons. The van der Waals surface area contributed by atoms with Gasteiger partial charge in [0.2, 0.25) is 0 Å². The topological polar surface area (TPSA) is 67.4 Å². The summed E-state index contributed by atoms with van der Waals surface area (Å²) in [5.74, 6) is 2.50. The highest BCUT2D eigenvalue weighted by atomic mass is 16.5. The van der Waals surface area contributed by atoms with Crippen LogP contribution in [0.3, 0.4) is 0 Å². The molecule has 0 aromatic heterocycles. The van der Waals surface area contributed by atoms with Crippen LogP contribution in [0.2, 0.25) is 0 Å². The summed E-state index contributed by atoms with van der Waals surface area (Å²) in [4.78, 5) is 6.85. The van der Waals surface area contributed by atoms with Gasteiger partial charge in [-0.2, -0.15) is 0 Å². The lowest BCUT2D eigenvalue weighted by molar-refractivity contribution is 0.0992. The van der Waals surface area contributed by atoms with E-state index in [4.69, 9.17) is 14.2 Å². The summed E-state index contributed by atoms with van der Waals surface area (Å²) in [6.07, 6.45) is 5.31. The summed E-state index contributed by atoms with van der Waals surface area (Å²) in [6, 6.07) is 4.63. The monoisotopic (exact) mass is 388 g/mol. The van der Waals surface area contributed by atoms with Gasteiger partial charge in [0.25, 0.3) is 0 Å². The Bertz CT molecular complexity index is 724. The Morgan fingerprint density at radius 2 is 2.00 bits per heavy atom. The maximum atomic E-state index is 5.93. The normalized spacial score (nSPS) is 26.8. The molecular weight excluding hydrogens is 356 g/mol. The molecule has 3 aliphatic heterocycles. The van der Waals surface area contributed by atoms with E-state index >= 15 is 0 Å². The van der Waals surface area contributed by atoms with Crippen molar-refractivity contribution in [2.45, 2.75) is 50.5 Å². The molecule has 2 bridgehead atoms. The zero-order valence-electron chi connectivity index (χ0n) is 17.2. The van der Waals surface area contributed by atoms with Crippen LogP contribution in [0.15, 0.2) is 17.1 Å². The smallest absolute Gasteiger partial charge is 0.191 e. The highest BCUT2D eigenvalue weighted by Crippen LogP contribution is 2.34. The van der Waals surface area contributed by atoms with Gasteiger partial charge in [-0.15, -0.1) is 0 Å². The third-order valence-corrected chi connectivity index (χ3v) is 6.17. The van der Waals surface area contributed by atoms with Crippen LogP contribution >= 0.6 is 0 Å². The molecule has 2 N–H and O–H groups in total. The first kappa shape index (κ1) is 19.3. The fourth-order valence-corrected chi connectivity index (χ4v) is 4.62. The molecule has 3 aliphatic rings. The molecule has 1 aromatic rings. The van der Waals surface area contributed by atoms with Crippen molar-refractivity contribution in [3.8, 4) is 11.5 Å². The Morgan fingerprint density at radius 1 is 1.21 bits per heavy atom. The summed E-state index contributed by atoms with van der Waals surface area (Å²) in [7, 11) is 5.21. The van der Waals surface area contributed by atoms with Gasteiger partial charge in [-0.3, -0.25) is 9.89 Å². The Kier molecular flexibility index (Phi) is 5.92. The largest absolute Gasteiger partial charge is 0.493 e. The van der Waals surface area contributed by atoms with Crippen LogP contribution in [0.25, 0.3) is 0 Å². The summed E-state index contributed by atoms with van der Waals surface area (Å²) < 4.78 is 16.8. The van der Waals surface area contributed by atoms with E-state index in [-0.39, 0.29) is 0 Å². The van der Waals surface area contributed by atoms with Crippen molar-refractivity contribution in [3.63, 3.8) is 0 Å². The third kappa shape index (κ3) is 4.05. The van der Waals surface area contributed by atoms with Crippen LogP contribution in [-0.4, -0.2) is 70.0 Å². The number of hydrogen-bond acceptors (Lipinski definition) is 5. The van der Waals surface area contributed by atoms with E-state index in [0.29, 0.717) is 18.2 Å². The average Bonchev–Trinajstić information content (AvgIpc) is 3.35. The van der Waals surface area contributed by atoms with Gasteiger partial charge in [-0.25, -0.2) is 0 Å². The quantitative estimate of drug-likeness (QED) is 0.569. The number of nitrogens with one attached hydrogen (secondary N) is 2. The fourth-order valence-electron chi connectivity index (χ4n) is 4.62. The second-order valence-corrected chi connectivity index (χ2v) is 7.86. The lowest BCUT2D eigenvalue weighted by Gasteiger charge is -2.30. The van der Waals surface area contributed by atoms with E-state index in [0.717, 1.165) is 56.5 Å². The van der Waals surface area contributed by atoms with Crippen molar-refractivity contribution in [3.05, 3.63) is 23.3 Å². The van der Waals surface area contributed by atoms with Crippen molar-refractivity contribution >= 4 is 5.96 Å². The predicted octanol–water partition coefficient (Wildman–Crippen LogP) is 1.55. The van der Waals surface area contributed by atoms with Crippen LogP contribution in [0, 0.1) is 0 Å². The first-order chi connectivity index (χ1) is 13.7. The van der Waals surface area contributed by atoms with Crippen molar-refractivity contribution in [2.75, 3.05) is 40.9 Å². The van der Waals surface area contributed by atoms with Gasteiger partial charge in [0.1, 0.15) is 0 Å². The molecule has 3 unspecified atom stereocenters. The minimum absolute atomic E-state index is 0.356. The standard InChI is InChI=1S/C21H32N4O3/c1-22-21(24-17-12-16-4-5-18(17)28-16)23-7-9-25-8-6-14-10-19(26-2)20(27-3)11-15(14)13-25/h10-11,16-18H,4-9,12-13H2,1-3H3,(H2,22,23,24). The molecule has 1 aromatic carbocycles. The third-order valence-electron chi connectivity index (χ3n) is 6.17. The van der Waals surface area contributed by atoms with E-state index in [1.165, 1.54) is 24.0 Å². The molecule has 3 heterocycles. The van der Waals surface area contributed by atoms with Gasteiger partial charge in [0, 0.05) is 33.2 Å². The number of aliphatic imine (C=N–C) groups is 1. The highest BCUT2D eigenvalue weighted by Gasteiger charge is 2.41. The van der Waals surface area contributed by atoms with Crippen LogP contribution in [0.1, 0.15) is 30.4 Å². The van der Waals surface area contributed by atoms with Crippen LogP contribution in [0.5, 0.6) is 11.5 Å². The van der Waals surface area contributed by atoms with Gasteiger partial charge in [-0.1, -0.05) is 0 Å². The Hall–Kier alpha value is -1.99. The predicted molar refractivity (Wildman–Crippen MR) is 109 cm³/mol. The molecule has 0 saturated carbocycles. The Labute approximate surface area is 167 Å². The summed E-state index contributed by atoms with van der Waals surface area (Å²) in [5.41, 5.74) is 2.68. The van der Waals surface area contributed by atoms with Crippen molar-refractivity contribution in [1.29, 1.82) is 0 Å². The van der Waals surface area contributed by atoms with Crippen molar-refractivity contribution in [1.82, 2.24) is 15.5 Å². The number of ether oxygens (including phenoxy) is 3. The average molecular weight is 389 g/mol. The first-order valence-corrected chi connectivity index (χ1v) is 10.3. The molecule has 0 amide bonds. The molecule has 3 atom stereocenters. The second kappa shape index (κ2) is 8.57. The van der Waals surface area contributed by atoms with Gasteiger partial charge in [0.15, 0.2) is 17.5 Å². The maximum Gasteiger partial charge on any atom is 0.191 e. The molecule has 0 radical (unpaired) electrons. The van der Waals surface area contributed by atoms with Gasteiger partial charge >= 0.3 is 0 Å².